The molecule has 140 valence electrons. The summed E-state index contributed by atoms with van der Waals surface area (Å²) in [5.74, 6) is -0.650. The van der Waals surface area contributed by atoms with E-state index in [2.05, 4.69) is 0 Å². The van der Waals surface area contributed by atoms with Crippen LogP contribution >= 0.6 is 11.6 Å². The maximum atomic E-state index is 13.1. The van der Waals surface area contributed by atoms with Crippen molar-refractivity contribution in [3.63, 3.8) is 0 Å². The lowest BCUT2D eigenvalue weighted by Gasteiger charge is -2.20. The Balaban J connectivity index is 1.88. The van der Waals surface area contributed by atoms with Crippen LogP contribution in [-0.2, 0) is 21.2 Å². The highest BCUT2D eigenvalue weighted by atomic mass is 35.5. The van der Waals surface area contributed by atoms with E-state index in [9.17, 15) is 13.2 Å². The SMILES string of the molecule is N#CCCCOC(=O)c1ccc(Cl)c(S(=O)(=O)N2CCc3ccccc32)c1. The van der Waals surface area contributed by atoms with Crippen molar-refractivity contribution in [2.75, 3.05) is 17.5 Å². The molecule has 1 aliphatic heterocycles. The second-order valence-corrected chi connectivity index (χ2v) is 8.24. The fraction of sp³-hybridized carbons (Fsp3) is 0.263. The second kappa shape index (κ2) is 7.99. The number of nitriles is 1. The summed E-state index contributed by atoms with van der Waals surface area (Å²) >= 11 is 6.14. The predicted molar refractivity (Wildman–Crippen MR) is 101 cm³/mol. The summed E-state index contributed by atoms with van der Waals surface area (Å²) in [6, 6.07) is 13.3. The highest BCUT2D eigenvalue weighted by Gasteiger charge is 2.32. The number of carbonyl (C=O) groups is 1. The van der Waals surface area contributed by atoms with Crippen LogP contribution in [0, 0.1) is 11.3 Å². The number of rotatable bonds is 6. The Hall–Kier alpha value is -2.56. The van der Waals surface area contributed by atoms with Gasteiger partial charge in [0.05, 0.1) is 28.9 Å². The van der Waals surface area contributed by atoms with Crippen LogP contribution in [0.2, 0.25) is 5.02 Å². The van der Waals surface area contributed by atoms with Crippen molar-refractivity contribution in [3.05, 3.63) is 58.6 Å². The van der Waals surface area contributed by atoms with Crippen molar-refractivity contribution in [2.45, 2.75) is 24.2 Å². The molecule has 0 saturated heterocycles. The first kappa shape index (κ1) is 19.2. The molecule has 0 radical (unpaired) electrons. The number of ether oxygens (including phenoxy) is 1. The van der Waals surface area contributed by atoms with Crippen LogP contribution in [-0.4, -0.2) is 27.5 Å². The van der Waals surface area contributed by atoms with Crippen molar-refractivity contribution in [2.24, 2.45) is 0 Å². The van der Waals surface area contributed by atoms with Gasteiger partial charge in [-0.25, -0.2) is 13.2 Å². The van der Waals surface area contributed by atoms with Crippen LogP contribution in [0.1, 0.15) is 28.8 Å². The van der Waals surface area contributed by atoms with Gasteiger partial charge in [-0.1, -0.05) is 29.8 Å². The molecular formula is C19H17ClN2O4S. The second-order valence-electron chi connectivity index (χ2n) is 6.00. The van der Waals surface area contributed by atoms with Crippen LogP contribution in [0.4, 0.5) is 5.69 Å². The first-order chi connectivity index (χ1) is 12.9. The molecule has 0 atom stereocenters. The lowest BCUT2D eigenvalue weighted by atomic mass is 10.2. The number of sulfonamides is 1. The molecule has 2 aromatic carbocycles. The summed E-state index contributed by atoms with van der Waals surface area (Å²) in [5, 5.41) is 8.54. The number of halogens is 1. The van der Waals surface area contributed by atoms with Gasteiger partial charge in [0, 0.05) is 13.0 Å². The van der Waals surface area contributed by atoms with E-state index in [1.165, 1.54) is 22.5 Å². The number of benzene rings is 2. The summed E-state index contributed by atoms with van der Waals surface area (Å²) in [6.45, 7) is 0.414. The zero-order chi connectivity index (χ0) is 19.4. The van der Waals surface area contributed by atoms with E-state index in [4.69, 9.17) is 21.6 Å². The van der Waals surface area contributed by atoms with E-state index in [0.29, 0.717) is 25.1 Å². The Morgan fingerprint density at radius 1 is 1.26 bits per heavy atom. The summed E-state index contributed by atoms with van der Waals surface area (Å²) < 4.78 is 32.7. The van der Waals surface area contributed by atoms with Crippen molar-refractivity contribution in [1.29, 1.82) is 5.26 Å². The normalized spacial score (nSPS) is 13.1. The van der Waals surface area contributed by atoms with Gasteiger partial charge in [-0.15, -0.1) is 0 Å². The molecule has 0 N–H and O–H groups in total. The number of para-hydroxylation sites is 1. The zero-order valence-corrected chi connectivity index (χ0v) is 16.0. The Kier molecular flexibility index (Phi) is 5.68. The molecule has 2 aromatic rings. The number of unbranched alkanes of at least 4 members (excludes halogenated alkanes) is 1. The number of fused-ring (bicyclic) bond motifs is 1. The molecule has 0 aliphatic carbocycles. The van der Waals surface area contributed by atoms with E-state index >= 15 is 0 Å². The molecule has 6 nitrogen and oxygen atoms in total. The minimum atomic E-state index is -3.92. The Labute approximate surface area is 163 Å². The number of hydrogen-bond acceptors (Lipinski definition) is 5. The number of esters is 1. The molecule has 1 aliphatic rings. The molecule has 0 amide bonds. The van der Waals surface area contributed by atoms with Gasteiger partial charge in [-0.3, -0.25) is 4.31 Å². The summed E-state index contributed by atoms with van der Waals surface area (Å²) in [6.07, 6.45) is 1.32. The number of carbonyl (C=O) groups excluding carboxylic acids is 1. The molecule has 1 heterocycles. The number of hydrogen-bond donors (Lipinski definition) is 0. The maximum Gasteiger partial charge on any atom is 0.338 e. The van der Waals surface area contributed by atoms with Crippen LogP contribution < -0.4 is 4.31 Å². The highest BCUT2D eigenvalue weighted by molar-refractivity contribution is 7.93. The van der Waals surface area contributed by atoms with Gasteiger partial charge in [0.15, 0.2) is 0 Å². The fourth-order valence-corrected chi connectivity index (χ4v) is 4.91. The predicted octanol–water partition coefficient (Wildman–Crippen LogP) is 3.55. The lowest BCUT2D eigenvalue weighted by molar-refractivity contribution is 0.0501. The summed E-state index contributed by atoms with van der Waals surface area (Å²) in [5.41, 5.74) is 1.67. The largest absolute Gasteiger partial charge is 0.462 e. The third-order valence-electron chi connectivity index (χ3n) is 4.25. The molecule has 0 unspecified atom stereocenters. The third-order valence-corrected chi connectivity index (χ3v) is 6.54. The van der Waals surface area contributed by atoms with E-state index in [0.717, 1.165) is 5.56 Å². The number of nitrogens with zero attached hydrogens (tertiary/aromatic N) is 2. The monoisotopic (exact) mass is 404 g/mol. The van der Waals surface area contributed by atoms with Crippen molar-refractivity contribution < 1.29 is 17.9 Å². The van der Waals surface area contributed by atoms with Gasteiger partial charge in [-0.05, 0) is 42.7 Å². The van der Waals surface area contributed by atoms with Gasteiger partial charge in [0.1, 0.15) is 4.90 Å². The van der Waals surface area contributed by atoms with E-state index in [1.54, 1.807) is 12.1 Å². The molecule has 0 spiro atoms. The molecule has 27 heavy (non-hydrogen) atoms. The van der Waals surface area contributed by atoms with Crippen molar-refractivity contribution in [3.8, 4) is 6.07 Å². The molecule has 0 aromatic heterocycles. The van der Waals surface area contributed by atoms with Crippen molar-refractivity contribution >= 4 is 33.3 Å². The first-order valence-corrected chi connectivity index (χ1v) is 10.2. The highest BCUT2D eigenvalue weighted by Crippen LogP contribution is 2.35. The minimum Gasteiger partial charge on any atom is -0.462 e. The topological polar surface area (TPSA) is 87.5 Å². The molecular weight excluding hydrogens is 388 g/mol. The van der Waals surface area contributed by atoms with Crippen LogP contribution in [0.25, 0.3) is 0 Å². The number of anilines is 1. The minimum absolute atomic E-state index is 0.0420. The van der Waals surface area contributed by atoms with E-state index in [1.807, 2.05) is 18.2 Å². The smallest absolute Gasteiger partial charge is 0.338 e. The summed E-state index contributed by atoms with van der Waals surface area (Å²) in [7, 11) is -3.92. The third kappa shape index (κ3) is 3.92. The van der Waals surface area contributed by atoms with Crippen molar-refractivity contribution in [1.82, 2.24) is 0 Å². The molecule has 0 bridgehead atoms. The first-order valence-electron chi connectivity index (χ1n) is 8.39. The fourth-order valence-electron chi connectivity index (χ4n) is 2.90. The zero-order valence-electron chi connectivity index (χ0n) is 14.4. The van der Waals surface area contributed by atoms with Gasteiger partial charge in [0.2, 0.25) is 0 Å². The Morgan fingerprint density at radius 2 is 2.04 bits per heavy atom. The molecule has 0 saturated carbocycles. The van der Waals surface area contributed by atoms with Gasteiger partial charge in [0.25, 0.3) is 10.0 Å². The maximum absolute atomic E-state index is 13.1. The van der Waals surface area contributed by atoms with E-state index < -0.39 is 16.0 Å². The standard InChI is InChI=1S/C19H17ClN2O4S/c20-16-8-7-15(19(23)26-12-4-3-10-21)13-18(16)27(24,25)22-11-9-14-5-1-2-6-17(14)22/h1-2,5-8,13H,3-4,9,11-12H2. The molecule has 3 rings (SSSR count). The quantitative estimate of drug-likeness (QED) is 0.542. The average Bonchev–Trinajstić information content (AvgIpc) is 3.10. The Morgan fingerprint density at radius 3 is 2.81 bits per heavy atom. The average molecular weight is 405 g/mol. The van der Waals surface area contributed by atoms with Gasteiger partial charge in [-0.2, -0.15) is 5.26 Å². The molecule has 8 heteroatoms. The summed E-state index contributed by atoms with van der Waals surface area (Å²) in [4.78, 5) is 12.0. The van der Waals surface area contributed by atoms with Crippen LogP contribution in [0.3, 0.4) is 0 Å². The van der Waals surface area contributed by atoms with Gasteiger partial charge < -0.3 is 4.74 Å². The Bertz CT molecular complexity index is 1010. The molecule has 0 fully saturated rings. The van der Waals surface area contributed by atoms with Gasteiger partial charge >= 0.3 is 5.97 Å². The van der Waals surface area contributed by atoms with Crippen LogP contribution in [0.5, 0.6) is 0 Å². The van der Waals surface area contributed by atoms with Crippen LogP contribution in [0.15, 0.2) is 47.4 Å². The van der Waals surface area contributed by atoms with E-state index in [-0.39, 0.29) is 28.5 Å². The lowest BCUT2D eigenvalue weighted by Crippen LogP contribution is -2.29.